The van der Waals surface area contributed by atoms with E-state index in [2.05, 4.69) is 27.8 Å². The summed E-state index contributed by atoms with van der Waals surface area (Å²) < 4.78 is 0. The zero-order valence-corrected chi connectivity index (χ0v) is 12.2. The van der Waals surface area contributed by atoms with Gasteiger partial charge in [0.15, 0.2) is 0 Å². The third-order valence-corrected chi connectivity index (χ3v) is 3.52. The summed E-state index contributed by atoms with van der Waals surface area (Å²) in [6, 6.07) is -0.284. The lowest BCUT2D eigenvalue weighted by Gasteiger charge is -2.30. The number of carbonyl (C=O) groups excluding carboxylic acids is 2. The number of amides is 3. The Morgan fingerprint density at radius 1 is 1.47 bits per heavy atom. The summed E-state index contributed by atoms with van der Waals surface area (Å²) >= 11 is 0. The molecular weight excluding hydrogens is 244 g/mol. The van der Waals surface area contributed by atoms with Gasteiger partial charge in [0.05, 0.1) is 6.04 Å². The molecule has 6 heteroatoms. The van der Waals surface area contributed by atoms with Gasteiger partial charge < -0.3 is 10.6 Å². The maximum absolute atomic E-state index is 12.0. The van der Waals surface area contributed by atoms with Crippen molar-refractivity contribution in [3.05, 3.63) is 0 Å². The maximum Gasteiger partial charge on any atom is 0.321 e. The monoisotopic (exact) mass is 270 g/mol. The van der Waals surface area contributed by atoms with Gasteiger partial charge in [-0.2, -0.15) is 0 Å². The zero-order chi connectivity index (χ0) is 14.3. The van der Waals surface area contributed by atoms with Crippen molar-refractivity contribution in [1.82, 2.24) is 20.9 Å². The summed E-state index contributed by atoms with van der Waals surface area (Å²) in [5, 5.41) is 8.17. The van der Waals surface area contributed by atoms with E-state index < -0.39 is 6.03 Å². The number of nitrogens with zero attached hydrogens (tertiary/aromatic N) is 1. The molecule has 19 heavy (non-hydrogen) atoms. The number of imide groups is 1. The minimum atomic E-state index is -0.452. The van der Waals surface area contributed by atoms with Crippen LogP contribution < -0.4 is 16.0 Å². The fourth-order valence-corrected chi connectivity index (χ4v) is 2.37. The molecule has 2 atom stereocenters. The number of carbonyl (C=O) groups is 2. The first kappa shape index (κ1) is 15.9. The lowest BCUT2D eigenvalue weighted by molar-refractivity contribution is -0.124. The van der Waals surface area contributed by atoms with Gasteiger partial charge in [-0.15, -0.1) is 0 Å². The maximum atomic E-state index is 12.0. The van der Waals surface area contributed by atoms with Crippen LogP contribution in [0, 0.1) is 0 Å². The van der Waals surface area contributed by atoms with E-state index in [9.17, 15) is 9.59 Å². The van der Waals surface area contributed by atoms with Crippen molar-refractivity contribution in [1.29, 1.82) is 0 Å². The van der Waals surface area contributed by atoms with Crippen LogP contribution in [0.15, 0.2) is 0 Å². The van der Waals surface area contributed by atoms with Crippen LogP contribution in [0.1, 0.15) is 33.1 Å². The Hall–Kier alpha value is -1.14. The van der Waals surface area contributed by atoms with Crippen molar-refractivity contribution in [2.24, 2.45) is 0 Å². The van der Waals surface area contributed by atoms with E-state index in [-0.39, 0.29) is 11.9 Å². The van der Waals surface area contributed by atoms with Crippen molar-refractivity contribution in [3.8, 4) is 0 Å². The first-order valence-corrected chi connectivity index (χ1v) is 7.08. The molecule has 110 valence electrons. The van der Waals surface area contributed by atoms with Crippen LogP contribution in [0.4, 0.5) is 4.79 Å². The molecule has 0 radical (unpaired) electrons. The molecule has 1 fully saturated rings. The summed E-state index contributed by atoms with van der Waals surface area (Å²) in [5.74, 6) is -0.245. The summed E-state index contributed by atoms with van der Waals surface area (Å²) in [4.78, 5) is 25.3. The highest BCUT2D eigenvalue weighted by Gasteiger charge is 2.25. The van der Waals surface area contributed by atoms with Crippen molar-refractivity contribution in [3.63, 3.8) is 0 Å². The van der Waals surface area contributed by atoms with Gasteiger partial charge in [0.2, 0.25) is 5.91 Å². The lowest BCUT2D eigenvalue weighted by atomic mass is 10.1. The van der Waals surface area contributed by atoms with Crippen LogP contribution in [-0.4, -0.2) is 55.6 Å². The molecule has 0 aromatic carbocycles. The van der Waals surface area contributed by atoms with Crippen molar-refractivity contribution in [2.45, 2.75) is 45.2 Å². The number of urea groups is 1. The van der Waals surface area contributed by atoms with Gasteiger partial charge in [0.1, 0.15) is 0 Å². The zero-order valence-electron chi connectivity index (χ0n) is 12.2. The molecule has 3 N–H and O–H groups in total. The van der Waals surface area contributed by atoms with Crippen LogP contribution in [0.2, 0.25) is 0 Å². The van der Waals surface area contributed by atoms with Gasteiger partial charge in [0.25, 0.3) is 0 Å². The van der Waals surface area contributed by atoms with E-state index in [1.165, 1.54) is 13.5 Å². The van der Waals surface area contributed by atoms with E-state index in [1.807, 2.05) is 6.92 Å². The molecule has 1 heterocycles. The summed E-state index contributed by atoms with van der Waals surface area (Å²) in [6.07, 6.45) is 3.35. The highest BCUT2D eigenvalue weighted by atomic mass is 16.2. The molecular formula is C13H26N4O2. The third kappa shape index (κ3) is 5.16. The molecule has 1 rings (SSSR count). The third-order valence-electron chi connectivity index (χ3n) is 3.52. The van der Waals surface area contributed by atoms with E-state index in [0.29, 0.717) is 6.04 Å². The molecule has 0 bridgehead atoms. The molecule has 0 spiro atoms. The average molecular weight is 270 g/mol. The minimum absolute atomic E-state index is 0.245. The number of hydrogen-bond donors (Lipinski definition) is 3. The molecule has 1 aliphatic heterocycles. The molecule has 3 amide bonds. The van der Waals surface area contributed by atoms with Crippen LogP contribution >= 0.6 is 0 Å². The quantitative estimate of drug-likeness (QED) is 0.649. The SMILES string of the molecule is CCCN(CC1CCCN1)C(C)C(=O)NC(=O)NC. The second-order valence-electron chi connectivity index (χ2n) is 5.03. The Bertz CT molecular complexity index is 303. The van der Waals surface area contributed by atoms with E-state index >= 15 is 0 Å². The van der Waals surface area contributed by atoms with E-state index in [0.717, 1.165) is 32.5 Å². The van der Waals surface area contributed by atoms with Crippen molar-refractivity contribution in [2.75, 3.05) is 26.7 Å². The summed E-state index contributed by atoms with van der Waals surface area (Å²) in [6.45, 7) is 6.72. The standard InChI is InChI=1S/C13H26N4O2/c1-4-8-17(9-11-6-5-7-15-11)10(2)12(18)16-13(19)14-3/h10-11,15H,4-9H2,1-3H3,(H2,14,16,18,19). The highest BCUT2D eigenvalue weighted by molar-refractivity contribution is 5.96. The van der Waals surface area contributed by atoms with Gasteiger partial charge in [-0.1, -0.05) is 6.92 Å². The van der Waals surface area contributed by atoms with Crippen molar-refractivity contribution < 1.29 is 9.59 Å². The second kappa shape index (κ2) is 8.12. The van der Waals surface area contributed by atoms with Crippen LogP contribution in [-0.2, 0) is 4.79 Å². The predicted molar refractivity (Wildman–Crippen MR) is 74.9 cm³/mol. The molecule has 0 aromatic rings. The van der Waals surface area contributed by atoms with Crippen LogP contribution in [0.25, 0.3) is 0 Å². The predicted octanol–water partition coefficient (Wildman–Crippen LogP) is 0.295. The fourth-order valence-electron chi connectivity index (χ4n) is 2.37. The molecule has 1 saturated heterocycles. The minimum Gasteiger partial charge on any atom is -0.341 e. The van der Waals surface area contributed by atoms with E-state index in [1.54, 1.807) is 0 Å². The lowest BCUT2D eigenvalue weighted by Crippen LogP contribution is -2.51. The van der Waals surface area contributed by atoms with Gasteiger partial charge in [0, 0.05) is 19.6 Å². The first-order valence-electron chi connectivity index (χ1n) is 7.08. The second-order valence-corrected chi connectivity index (χ2v) is 5.03. The fraction of sp³-hybridized carbons (Fsp3) is 0.846. The van der Waals surface area contributed by atoms with Gasteiger partial charge >= 0.3 is 6.03 Å². The molecule has 0 aromatic heterocycles. The van der Waals surface area contributed by atoms with E-state index in [4.69, 9.17) is 0 Å². The van der Waals surface area contributed by atoms with Gasteiger partial charge in [-0.3, -0.25) is 15.0 Å². The van der Waals surface area contributed by atoms with Crippen LogP contribution in [0.5, 0.6) is 0 Å². The molecule has 0 saturated carbocycles. The van der Waals surface area contributed by atoms with Gasteiger partial charge in [-0.05, 0) is 39.3 Å². The Morgan fingerprint density at radius 2 is 2.21 bits per heavy atom. The molecule has 0 aliphatic carbocycles. The topological polar surface area (TPSA) is 73.5 Å². The highest BCUT2D eigenvalue weighted by Crippen LogP contribution is 2.10. The Morgan fingerprint density at radius 3 is 2.74 bits per heavy atom. The smallest absolute Gasteiger partial charge is 0.321 e. The summed E-state index contributed by atoms with van der Waals surface area (Å²) in [7, 11) is 1.50. The molecule has 2 unspecified atom stereocenters. The van der Waals surface area contributed by atoms with Crippen molar-refractivity contribution >= 4 is 11.9 Å². The normalized spacial score (nSPS) is 20.3. The largest absolute Gasteiger partial charge is 0.341 e. The summed E-state index contributed by atoms with van der Waals surface area (Å²) in [5.41, 5.74) is 0. The van der Waals surface area contributed by atoms with Gasteiger partial charge in [-0.25, -0.2) is 4.79 Å². The van der Waals surface area contributed by atoms with Crippen LogP contribution in [0.3, 0.4) is 0 Å². The Labute approximate surface area is 115 Å². The Balaban J connectivity index is 2.52. The average Bonchev–Trinajstić information content (AvgIpc) is 2.90. The Kier molecular flexibility index (Phi) is 6.80. The molecule has 6 nitrogen and oxygen atoms in total. The number of nitrogens with one attached hydrogen (secondary N) is 3. The first-order chi connectivity index (χ1) is 9.08. The number of hydrogen-bond acceptors (Lipinski definition) is 4. The molecule has 1 aliphatic rings. The number of rotatable bonds is 6.